The molecule has 11 nitrogen and oxygen atoms in total. The van der Waals surface area contributed by atoms with Gasteiger partial charge in [0.05, 0.1) is 24.6 Å². The number of hydrogen-bond acceptors (Lipinski definition) is 9. The Morgan fingerprint density at radius 3 is 2.70 bits per heavy atom. The van der Waals surface area contributed by atoms with E-state index in [2.05, 4.69) is 30.0 Å². The molecule has 2 amide bonds. The number of alkyl halides is 1. The third-order valence-electron chi connectivity index (χ3n) is 7.03. The summed E-state index contributed by atoms with van der Waals surface area (Å²) in [5.74, 6) is -0.785. The fourth-order valence-corrected chi connectivity index (χ4v) is 5.85. The van der Waals surface area contributed by atoms with Crippen LogP contribution in [0.3, 0.4) is 0 Å². The second kappa shape index (κ2) is 11.9. The van der Waals surface area contributed by atoms with Crippen LogP contribution in [-0.4, -0.2) is 65.1 Å². The molecule has 6 rings (SSSR count). The maximum atomic E-state index is 14.6. The number of amides is 2. The first kappa shape index (κ1) is 28.4. The van der Waals surface area contributed by atoms with Gasteiger partial charge in [-0.05, 0) is 37.3 Å². The molecule has 14 heteroatoms. The summed E-state index contributed by atoms with van der Waals surface area (Å²) in [5.41, 5.74) is 3.15. The van der Waals surface area contributed by atoms with Crippen LogP contribution < -0.4 is 10.6 Å². The lowest BCUT2D eigenvalue weighted by Crippen LogP contribution is -2.44. The van der Waals surface area contributed by atoms with E-state index in [-0.39, 0.29) is 30.4 Å². The van der Waals surface area contributed by atoms with Gasteiger partial charge < -0.3 is 14.8 Å². The SMILES string of the molecule is CC(=O)c1cn(CC(=O)N2C[C@H](F)C[C@H]2C(=O)Nc2nc(-c3cccc(Cl)c3)ns2)c2ccc(Nc3cncnc3)cc12. The van der Waals surface area contributed by atoms with E-state index in [1.54, 1.807) is 53.5 Å². The first-order valence-electron chi connectivity index (χ1n) is 13.2. The maximum absolute atomic E-state index is 14.6. The molecule has 1 fully saturated rings. The van der Waals surface area contributed by atoms with Crippen molar-refractivity contribution in [3.8, 4) is 11.4 Å². The molecule has 218 valence electrons. The molecule has 3 aromatic heterocycles. The van der Waals surface area contributed by atoms with Gasteiger partial charge >= 0.3 is 0 Å². The summed E-state index contributed by atoms with van der Waals surface area (Å²) < 4.78 is 20.5. The summed E-state index contributed by atoms with van der Waals surface area (Å²) in [4.78, 5) is 52.7. The van der Waals surface area contributed by atoms with E-state index in [0.717, 1.165) is 11.5 Å². The number of Topliss-reactive ketones (excluding diaryl/α,β-unsaturated/α-hetero) is 1. The molecular formula is C29H24ClFN8O3S. The molecule has 2 aromatic carbocycles. The summed E-state index contributed by atoms with van der Waals surface area (Å²) in [6.45, 7) is 1.05. The van der Waals surface area contributed by atoms with E-state index >= 15 is 0 Å². The zero-order valence-corrected chi connectivity index (χ0v) is 24.3. The van der Waals surface area contributed by atoms with Crippen LogP contribution in [0.15, 0.2) is 67.4 Å². The lowest BCUT2D eigenvalue weighted by molar-refractivity contribution is -0.137. The predicted molar refractivity (Wildman–Crippen MR) is 161 cm³/mol. The molecule has 2 atom stereocenters. The van der Waals surface area contributed by atoms with Crippen LogP contribution in [0, 0.1) is 0 Å². The lowest BCUT2D eigenvalue weighted by atomic mass is 10.1. The Labute approximate surface area is 253 Å². The predicted octanol–water partition coefficient (Wildman–Crippen LogP) is 5.13. The summed E-state index contributed by atoms with van der Waals surface area (Å²) in [5, 5.41) is 7.27. The molecule has 1 saturated heterocycles. The topological polar surface area (TPSA) is 135 Å². The van der Waals surface area contributed by atoms with Gasteiger partial charge in [-0.3, -0.25) is 19.7 Å². The Bertz CT molecular complexity index is 1850. The van der Waals surface area contributed by atoms with Gasteiger partial charge in [0.25, 0.3) is 0 Å². The Kier molecular flexibility index (Phi) is 7.82. The normalized spacial score (nSPS) is 16.4. The highest BCUT2D eigenvalue weighted by atomic mass is 35.5. The van der Waals surface area contributed by atoms with Crippen molar-refractivity contribution in [2.24, 2.45) is 0 Å². The van der Waals surface area contributed by atoms with Crippen LogP contribution in [0.4, 0.5) is 20.9 Å². The van der Waals surface area contributed by atoms with Gasteiger partial charge in [-0.15, -0.1) is 0 Å². The summed E-state index contributed by atoms with van der Waals surface area (Å²) in [6, 6.07) is 11.4. The molecule has 1 aliphatic rings. The van der Waals surface area contributed by atoms with Crippen LogP contribution in [0.1, 0.15) is 23.7 Å². The first-order chi connectivity index (χ1) is 20.7. The molecule has 0 spiro atoms. The summed E-state index contributed by atoms with van der Waals surface area (Å²) in [7, 11) is 0. The average Bonchev–Trinajstić information content (AvgIpc) is 3.71. The molecule has 0 saturated carbocycles. The summed E-state index contributed by atoms with van der Waals surface area (Å²) >= 11 is 7.03. The van der Waals surface area contributed by atoms with E-state index in [1.807, 2.05) is 12.1 Å². The van der Waals surface area contributed by atoms with Gasteiger partial charge in [0.15, 0.2) is 11.6 Å². The molecule has 0 unspecified atom stereocenters. The number of likely N-dealkylation sites (tertiary alicyclic amines) is 1. The standard InChI is InChI=1S/C29H24ClFN8O3S/c1-16(40)23-13-38(24-6-5-20(9-22(23)24)34-21-10-32-15-33-11-21)14-26(41)39-12-19(31)8-25(39)28(42)36-29-35-27(37-43-29)17-3-2-4-18(30)7-17/h2-7,9-11,13,15,19,25,34H,8,12,14H2,1H3,(H,35,36,37,42)/t19-,25+/m1/s1. The highest BCUT2D eigenvalue weighted by molar-refractivity contribution is 7.10. The van der Waals surface area contributed by atoms with Gasteiger partial charge in [0.2, 0.25) is 16.9 Å². The Balaban J connectivity index is 1.19. The minimum atomic E-state index is -1.36. The monoisotopic (exact) mass is 618 g/mol. The van der Waals surface area contributed by atoms with Crippen molar-refractivity contribution in [1.82, 2.24) is 28.8 Å². The number of nitrogens with zero attached hydrogens (tertiary/aromatic N) is 6. The average molecular weight is 619 g/mol. The van der Waals surface area contributed by atoms with Crippen LogP contribution in [-0.2, 0) is 16.1 Å². The number of hydrogen-bond donors (Lipinski definition) is 2. The number of nitrogens with one attached hydrogen (secondary N) is 2. The quantitative estimate of drug-likeness (QED) is 0.229. The van der Waals surface area contributed by atoms with Crippen molar-refractivity contribution < 1.29 is 18.8 Å². The highest BCUT2D eigenvalue weighted by Crippen LogP contribution is 2.29. The molecule has 1 aliphatic heterocycles. The van der Waals surface area contributed by atoms with E-state index in [9.17, 15) is 18.8 Å². The number of aromatic nitrogens is 5. The molecule has 5 aromatic rings. The van der Waals surface area contributed by atoms with Crippen LogP contribution in [0.5, 0.6) is 0 Å². The highest BCUT2D eigenvalue weighted by Gasteiger charge is 2.40. The largest absolute Gasteiger partial charge is 0.353 e. The minimum Gasteiger partial charge on any atom is -0.353 e. The first-order valence-corrected chi connectivity index (χ1v) is 14.4. The fourth-order valence-electron chi connectivity index (χ4n) is 5.07. The van der Waals surface area contributed by atoms with Gasteiger partial charge in [-0.2, -0.15) is 9.36 Å². The summed E-state index contributed by atoms with van der Waals surface area (Å²) in [6.07, 6.45) is 4.78. The van der Waals surface area contributed by atoms with E-state index in [1.165, 1.54) is 18.2 Å². The maximum Gasteiger partial charge on any atom is 0.249 e. The molecule has 2 N–H and O–H groups in total. The number of anilines is 3. The number of carbonyl (C=O) groups excluding carboxylic acids is 3. The van der Waals surface area contributed by atoms with Gasteiger partial charge in [-0.25, -0.2) is 14.4 Å². The Morgan fingerprint density at radius 1 is 1.12 bits per heavy atom. The number of halogens is 2. The number of carbonyl (C=O) groups is 3. The Hall–Kier alpha value is -4.75. The van der Waals surface area contributed by atoms with Crippen LogP contribution in [0.25, 0.3) is 22.3 Å². The van der Waals surface area contributed by atoms with Crippen molar-refractivity contribution in [2.45, 2.75) is 32.1 Å². The van der Waals surface area contributed by atoms with Crippen molar-refractivity contribution in [2.75, 3.05) is 17.2 Å². The van der Waals surface area contributed by atoms with Gasteiger partial charge in [-0.1, -0.05) is 23.7 Å². The van der Waals surface area contributed by atoms with Crippen molar-refractivity contribution >= 4 is 68.1 Å². The number of fused-ring (bicyclic) bond motifs is 1. The van der Waals surface area contributed by atoms with Crippen molar-refractivity contribution in [3.05, 3.63) is 78.0 Å². The number of ketones is 1. The molecular weight excluding hydrogens is 595 g/mol. The molecule has 0 aliphatic carbocycles. The minimum absolute atomic E-state index is 0.138. The second-order valence-electron chi connectivity index (χ2n) is 10.0. The van der Waals surface area contributed by atoms with Gasteiger partial charge in [0, 0.05) is 56.9 Å². The third kappa shape index (κ3) is 6.08. The molecule has 0 radical (unpaired) electrons. The van der Waals surface area contributed by atoms with Crippen molar-refractivity contribution in [3.63, 3.8) is 0 Å². The van der Waals surface area contributed by atoms with E-state index < -0.39 is 24.0 Å². The van der Waals surface area contributed by atoms with Crippen LogP contribution >= 0.6 is 23.1 Å². The van der Waals surface area contributed by atoms with E-state index in [4.69, 9.17) is 11.6 Å². The fraction of sp³-hybridized carbons (Fsp3) is 0.207. The third-order valence-corrected chi connectivity index (χ3v) is 7.89. The zero-order chi connectivity index (χ0) is 30.1. The van der Waals surface area contributed by atoms with Crippen molar-refractivity contribution in [1.29, 1.82) is 0 Å². The van der Waals surface area contributed by atoms with E-state index in [0.29, 0.717) is 44.3 Å². The molecule has 0 bridgehead atoms. The van der Waals surface area contributed by atoms with Crippen LogP contribution in [0.2, 0.25) is 5.02 Å². The smallest absolute Gasteiger partial charge is 0.249 e. The lowest BCUT2D eigenvalue weighted by Gasteiger charge is -2.23. The molecule has 43 heavy (non-hydrogen) atoms. The number of benzene rings is 2. The number of rotatable bonds is 8. The van der Waals surface area contributed by atoms with Gasteiger partial charge in [0.1, 0.15) is 25.1 Å². The molecule has 4 heterocycles. The zero-order valence-electron chi connectivity index (χ0n) is 22.7. The Morgan fingerprint density at radius 2 is 1.93 bits per heavy atom. The second-order valence-corrected chi connectivity index (χ2v) is 11.2.